The highest BCUT2D eigenvalue weighted by Gasteiger charge is 2.17. The molecule has 126 valence electrons. The number of piperazine rings is 1. The Balaban J connectivity index is 1.66. The molecule has 3 rings (SSSR count). The van der Waals surface area contributed by atoms with Crippen LogP contribution in [0.4, 0.5) is 11.6 Å². The predicted molar refractivity (Wildman–Crippen MR) is 98.6 cm³/mol. The van der Waals surface area contributed by atoms with Crippen molar-refractivity contribution in [3.05, 3.63) is 46.2 Å². The molecule has 1 aromatic heterocycles. The molecular weight excluding hydrogens is 370 g/mol. The zero-order valence-corrected chi connectivity index (χ0v) is 15.4. The van der Waals surface area contributed by atoms with Gasteiger partial charge in [-0.2, -0.15) is 0 Å². The Morgan fingerprint density at radius 2 is 1.83 bits per heavy atom. The smallest absolute Gasteiger partial charge is 0.258 e. The molecule has 7 heteroatoms. The highest BCUT2D eigenvalue weighted by molar-refractivity contribution is 9.10. The molecule has 1 aromatic carbocycles. The number of hydrogen-bond acceptors (Lipinski definition) is 5. The van der Waals surface area contributed by atoms with Gasteiger partial charge in [0.15, 0.2) is 0 Å². The molecule has 1 N–H and O–H groups in total. The van der Waals surface area contributed by atoms with Gasteiger partial charge in [-0.15, -0.1) is 0 Å². The molecule has 1 aliphatic rings. The monoisotopic (exact) mass is 389 g/mol. The fraction of sp³-hybridized carbons (Fsp3) is 0.353. The molecule has 2 aromatic rings. The lowest BCUT2D eigenvalue weighted by Crippen LogP contribution is -2.45. The van der Waals surface area contributed by atoms with E-state index in [1.165, 1.54) is 0 Å². The zero-order valence-electron chi connectivity index (χ0n) is 13.8. The summed E-state index contributed by atoms with van der Waals surface area (Å²) in [6, 6.07) is 5.69. The van der Waals surface area contributed by atoms with Gasteiger partial charge in [-0.3, -0.25) is 4.79 Å². The number of carbonyl (C=O) groups excluding carboxylic acids is 1. The van der Waals surface area contributed by atoms with Crippen molar-refractivity contribution >= 4 is 33.5 Å². The molecule has 1 fully saturated rings. The number of likely N-dealkylation sites (N-methyl/N-ethyl adjacent to an activating group) is 1. The molecule has 0 aliphatic carbocycles. The molecule has 1 amide bonds. The molecule has 0 atom stereocenters. The highest BCUT2D eigenvalue weighted by atomic mass is 79.9. The van der Waals surface area contributed by atoms with E-state index in [2.05, 4.69) is 48.1 Å². The minimum Gasteiger partial charge on any atom is -0.338 e. The van der Waals surface area contributed by atoms with Crippen molar-refractivity contribution in [1.82, 2.24) is 14.9 Å². The maximum atomic E-state index is 12.3. The van der Waals surface area contributed by atoms with Gasteiger partial charge in [-0.05, 0) is 37.7 Å². The Labute approximate surface area is 150 Å². The van der Waals surface area contributed by atoms with Crippen molar-refractivity contribution in [3.63, 3.8) is 0 Å². The summed E-state index contributed by atoms with van der Waals surface area (Å²) in [5.74, 6) is 0.473. The largest absolute Gasteiger partial charge is 0.338 e. The van der Waals surface area contributed by atoms with E-state index in [-0.39, 0.29) is 5.91 Å². The second kappa shape index (κ2) is 7.27. The fourth-order valence-corrected chi connectivity index (χ4v) is 2.78. The minimum absolute atomic E-state index is 0.207. The second-order valence-electron chi connectivity index (χ2n) is 5.98. The summed E-state index contributed by atoms with van der Waals surface area (Å²) in [6.45, 7) is 5.77. The van der Waals surface area contributed by atoms with Crippen LogP contribution >= 0.6 is 15.9 Å². The number of amides is 1. The summed E-state index contributed by atoms with van der Waals surface area (Å²) in [7, 11) is 2.11. The van der Waals surface area contributed by atoms with Crippen LogP contribution in [0.2, 0.25) is 0 Å². The van der Waals surface area contributed by atoms with Gasteiger partial charge in [0.1, 0.15) is 0 Å². The van der Waals surface area contributed by atoms with Crippen molar-refractivity contribution in [2.24, 2.45) is 0 Å². The number of benzene rings is 1. The van der Waals surface area contributed by atoms with Gasteiger partial charge in [-0.1, -0.05) is 15.9 Å². The van der Waals surface area contributed by atoms with E-state index >= 15 is 0 Å². The van der Waals surface area contributed by atoms with E-state index in [4.69, 9.17) is 0 Å². The Kier molecular flexibility index (Phi) is 5.11. The van der Waals surface area contributed by atoms with Crippen LogP contribution in [0.1, 0.15) is 15.9 Å². The molecule has 1 saturated heterocycles. The normalized spacial score (nSPS) is 15.4. The molecule has 2 heterocycles. The van der Waals surface area contributed by atoms with Gasteiger partial charge in [-0.25, -0.2) is 9.97 Å². The van der Waals surface area contributed by atoms with Crippen LogP contribution in [0, 0.1) is 6.92 Å². The topological polar surface area (TPSA) is 61.4 Å². The Morgan fingerprint density at radius 1 is 1.17 bits per heavy atom. The Bertz CT molecular complexity index is 726. The molecule has 0 unspecified atom stereocenters. The van der Waals surface area contributed by atoms with Gasteiger partial charge in [0, 0.05) is 48.7 Å². The van der Waals surface area contributed by atoms with E-state index in [1.807, 2.05) is 25.1 Å². The summed E-state index contributed by atoms with van der Waals surface area (Å²) in [5, 5.41) is 2.87. The molecule has 24 heavy (non-hydrogen) atoms. The number of halogens is 1. The number of nitrogens with zero attached hydrogens (tertiary/aromatic N) is 4. The van der Waals surface area contributed by atoms with Crippen molar-refractivity contribution in [2.75, 3.05) is 43.4 Å². The lowest BCUT2D eigenvalue weighted by Gasteiger charge is -2.32. The highest BCUT2D eigenvalue weighted by Crippen LogP contribution is 2.20. The number of hydrogen-bond donors (Lipinski definition) is 1. The second-order valence-corrected chi connectivity index (χ2v) is 6.83. The van der Waals surface area contributed by atoms with Gasteiger partial charge in [0.2, 0.25) is 5.95 Å². The molecular formula is C17H20BrN5O. The Hall–Kier alpha value is -1.99. The van der Waals surface area contributed by atoms with E-state index < -0.39 is 0 Å². The summed E-state index contributed by atoms with van der Waals surface area (Å²) in [6.07, 6.45) is 3.17. The third-order valence-electron chi connectivity index (χ3n) is 4.10. The van der Waals surface area contributed by atoms with Crippen LogP contribution in [0.3, 0.4) is 0 Å². The lowest BCUT2D eigenvalue weighted by atomic mass is 10.2. The fourth-order valence-electron chi connectivity index (χ4n) is 2.53. The summed E-state index contributed by atoms with van der Waals surface area (Å²) in [4.78, 5) is 25.4. The first-order chi connectivity index (χ1) is 11.5. The van der Waals surface area contributed by atoms with E-state index in [9.17, 15) is 4.79 Å². The first-order valence-electron chi connectivity index (χ1n) is 7.86. The summed E-state index contributed by atoms with van der Waals surface area (Å²) < 4.78 is 1.01. The Morgan fingerprint density at radius 3 is 2.46 bits per heavy atom. The van der Waals surface area contributed by atoms with Gasteiger partial charge >= 0.3 is 0 Å². The van der Waals surface area contributed by atoms with Crippen LogP contribution in [0.15, 0.2) is 35.1 Å². The van der Waals surface area contributed by atoms with Gasteiger partial charge in [0.05, 0.1) is 5.56 Å². The van der Waals surface area contributed by atoms with Crippen molar-refractivity contribution in [1.29, 1.82) is 0 Å². The first-order valence-corrected chi connectivity index (χ1v) is 8.65. The number of aromatic nitrogens is 2. The third kappa shape index (κ3) is 3.91. The molecule has 6 nitrogen and oxygen atoms in total. The SMILES string of the molecule is Cc1cc(NC(=O)c2cnc(N3CCN(C)CC3)nc2)ccc1Br. The molecule has 0 saturated carbocycles. The molecule has 0 radical (unpaired) electrons. The van der Waals surface area contributed by atoms with E-state index in [0.717, 1.165) is 41.9 Å². The van der Waals surface area contributed by atoms with Crippen molar-refractivity contribution in [2.45, 2.75) is 6.92 Å². The number of rotatable bonds is 3. The van der Waals surface area contributed by atoms with Crippen molar-refractivity contribution in [3.8, 4) is 0 Å². The number of aryl methyl sites for hydroxylation is 1. The standard InChI is InChI=1S/C17H20BrN5O/c1-12-9-14(3-4-15(12)18)21-16(24)13-10-19-17(20-11-13)23-7-5-22(2)6-8-23/h3-4,9-11H,5-8H2,1-2H3,(H,21,24). The number of carbonyl (C=O) groups is 1. The predicted octanol–water partition coefficient (Wildman–Crippen LogP) is 2.55. The van der Waals surface area contributed by atoms with Crippen molar-refractivity contribution < 1.29 is 4.79 Å². The average molecular weight is 390 g/mol. The molecule has 1 aliphatic heterocycles. The van der Waals surface area contributed by atoms with Crippen LogP contribution in [-0.4, -0.2) is 54.0 Å². The van der Waals surface area contributed by atoms with Crippen LogP contribution < -0.4 is 10.2 Å². The average Bonchev–Trinajstić information content (AvgIpc) is 2.59. The van der Waals surface area contributed by atoms with Crippen LogP contribution in [0.5, 0.6) is 0 Å². The third-order valence-corrected chi connectivity index (χ3v) is 4.99. The quantitative estimate of drug-likeness (QED) is 0.873. The maximum Gasteiger partial charge on any atom is 0.258 e. The molecule has 0 spiro atoms. The van der Waals surface area contributed by atoms with Crippen LogP contribution in [0.25, 0.3) is 0 Å². The van der Waals surface area contributed by atoms with Gasteiger partial charge < -0.3 is 15.1 Å². The van der Waals surface area contributed by atoms with Crippen LogP contribution in [-0.2, 0) is 0 Å². The van der Waals surface area contributed by atoms with Gasteiger partial charge in [0.25, 0.3) is 5.91 Å². The van der Waals surface area contributed by atoms with E-state index in [0.29, 0.717) is 11.5 Å². The summed E-state index contributed by atoms with van der Waals surface area (Å²) >= 11 is 3.45. The maximum absolute atomic E-state index is 12.3. The first kappa shape index (κ1) is 16.9. The number of nitrogens with one attached hydrogen (secondary N) is 1. The molecule has 0 bridgehead atoms. The lowest BCUT2D eigenvalue weighted by molar-refractivity contribution is 0.102. The number of anilines is 2. The summed E-state index contributed by atoms with van der Waals surface area (Å²) in [5.41, 5.74) is 2.27. The minimum atomic E-state index is -0.207. The zero-order chi connectivity index (χ0) is 17.1. The van der Waals surface area contributed by atoms with E-state index in [1.54, 1.807) is 12.4 Å².